The van der Waals surface area contributed by atoms with Crippen LogP contribution in [-0.4, -0.2) is 27.5 Å². The highest BCUT2D eigenvalue weighted by molar-refractivity contribution is 6.36. The number of benzene rings is 2. The molecule has 0 saturated carbocycles. The molecule has 1 aliphatic rings. The van der Waals surface area contributed by atoms with Gasteiger partial charge >= 0.3 is 0 Å². The van der Waals surface area contributed by atoms with Gasteiger partial charge in [-0.05, 0) is 30.3 Å². The number of aliphatic hydroxyl groups excluding tert-OH is 1. The first-order chi connectivity index (χ1) is 11.5. The van der Waals surface area contributed by atoms with Gasteiger partial charge in [0.25, 0.3) is 0 Å². The lowest BCUT2D eigenvalue weighted by atomic mass is 10.2. The van der Waals surface area contributed by atoms with Gasteiger partial charge in [0.2, 0.25) is 0 Å². The molecule has 1 aliphatic heterocycles. The van der Waals surface area contributed by atoms with E-state index in [0.29, 0.717) is 27.1 Å². The Bertz CT molecular complexity index is 955. The number of imidazole rings is 1. The van der Waals surface area contributed by atoms with E-state index in [4.69, 9.17) is 28.6 Å². The molecule has 1 aromatic heterocycles. The second kappa shape index (κ2) is 5.54. The van der Waals surface area contributed by atoms with Crippen LogP contribution in [0, 0.1) is 5.41 Å². The van der Waals surface area contributed by atoms with Gasteiger partial charge in [0.05, 0.1) is 23.2 Å². The molecule has 0 bridgehead atoms. The molecule has 4 rings (SSSR count). The zero-order valence-electron chi connectivity index (χ0n) is 12.3. The Balaban J connectivity index is 1.75. The summed E-state index contributed by atoms with van der Waals surface area (Å²) in [5.41, 5.74) is 2.66. The highest BCUT2D eigenvalue weighted by Gasteiger charge is 2.31. The summed E-state index contributed by atoms with van der Waals surface area (Å²) in [5.74, 6) is 0.689. The number of hydrogen-bond acceptors (Lipinski definition) is 3. The number of para-hydroxylation sites is 2. The molecule has 0 amide bonds. The summed E-state index contributed by atoms with van der Waals surface area (Å²) < 4.78 is 0. The van der Waals surface area contributed by atoms with E-state index >= 15 is 0 Å². The Hall–Kier alpha value is -2.50. The van der Waals surface area contributed by atoms with E-state index in [0.717, 1.165) is 11.0 Å². The Morgan fingerprint density at radius 3 is 2.54 bits per heavy atom. The highest BCUT2D eigenvalue weighted by Crippen LogP contribution is 2.33. The molecule has 5 nitrogen and oxygen atoms in total. The number of nitrogens with one attached hydrogen (secondary N) is 2. The summed E-state index contributed by atoms with van der Waals surface area (Å²) in [6.45, 7) is 0.169. The first kappa shape index (κ1) is 15.1. The SMILES string of the molecule is N=C1C(c2nc3ccccc3[nH]2)=C(O)CN1c1cc(Cl)cc(Cl)c1. The van der Waals surface area contributed by atoms with Gasteiger partial charge in [0.1, 0.15) is 17.4 Å². The van der Waals surface area contributed by atoms with Crippen LogP contribution >= 0.6 is 23.2 Å². The van der Waals surface area contributed by atoms with Gasteiger partial charge in [-0.1, -0.05) is 35.3 Å². The summed E-state index contributed by atoms with van der Waals surface area (Å²) in [4.78, 5) is 9.24. The van der Waals surface area contributed by atoms with E-state index in [9.17, 15) is 5.11 Å². The van der Waals surface area contributed by atoms with Crippen LogP contribution in [0.25, 0.3) is 16.6 Å². The minimum absolute atomic E-state index is 0.0788. The molecule has 0 fully saturated rings. The predicted molar refractivity (Wildman–Crippen MR) is 97.2 cm³/mol. The summed E-state index contributed by atoms with van der Waals surface area (Å²) in [6, 6.07) is 12.6. The van der Waals surface area contributed by atoms with Crippen molar-refractivity contribution in [1.82, 2.24) is 9.97 Å². The van der Waals surface area contributed by atoms with E-state index in [1.54, 1.807) is 23.1 Å². The van der Waals surface area contributed by atoms with Crippen LogP contribution in [0.2, 0.25) is 10.0 Å². The minimum atomic E-state index is 0.0788. The first-order valence-corrected chi connectivity index (χ1v) is 7.98. The molecule has 0 atom stereocenters. The normalized spacial score (nSPS) is 14.9. The van der Waals surface area contributed by atoms with Crippen LogP contribution in [0.15, 0.2) is 48.2 Å². The first-order valence-electron chi connectivity index (χ1n) is 7.23. The van der Waals surface area contributed by atoms with Crippen molar-refractivity contribution in [1.29, 1.82) is 5.41 Å². The number of hydrogen-bond donors (Lipinski definition) is 3. The van der Waals surface area contributed by atoms with Crippen molar-refractivity contribution >= 4 is 51.3 Å². The molecule has 0 saturated heterocycles. The molecule has 0 spiro atoms. The fraction of sp³-hybridized carbons (Fsp3) is 0.0588. The number of aromatic amines is 1. The Labute approximate surface area is 147 Å². The number of nitrogens with zero attached hydrogens (tertiary/aromatic N) is 2. The number of aromatic nitrogens is 2. The molecule has 0 radical (unpaired) electrons. The topological polar surface area (TPSA) is 76.0 Å². The molecule has 2 aromatic carbocycles. The average Bonchev–Trinajstić information content (AvgIpc) is 3.06. The fourth-order valence-corrected chi connectivity index (χ4v) is 3.33. The molecule has 0 aliphatic carbocycles. The second-order valence-electron chi connectivity index (χ2n) is 5.49. The van der Waals surface area contributed by atoms with Crippen LogP contribution in [-0.2, 0) is 0 Å². The number of fused-ring (bicyclic) bond motifs is 1. The van der Waals surface area contributed by atoms with Crippen LogP contribution < -0.4 is 4.90 Å². The Morgan fingerprint density at radius 1 is 1.12 bits per heavy atom. The third kappa shape index (κ3) is 2.42. The van der Waals surface area contributed by atoms with Gasteiger partial charge in [-0.25, -0.2) is 4.98 Å². The number of H-pyrrole nitrogens is 1. The standard InChI is InChI=1S/C17H12Cl2N4O/c18-9-5-10(19)7-11(6-9)23-8-14(24)15(16(23)20)17-21-12-3-1-2-4-13(12)22-17/h1-7,20,24H,8H2,(H,21,22). The van der Waals surface area contributed by atoms with Gasteiger partial charge in [0, 0.05) is 15.7 Å². The molecule has 2 heterocycles. The number of amidine groups is 1. The van der Waals surface area contributed by atoms with Crippen LogP contribution in [0.5, 0.6) is 0 Å². The van der Waals surface area contributed by atoms with Crippen molar-refractivity contribution in [3.8, 4) is 0 Å². The van der Waals surface area contributed by atoms with Gasteiger partial charge in [-0.3, -0.25) is 5.41 Å². The molecule has 0 unspecified atom stereocenters. The lowest BCUT2D eigenvalue weighted by molar-refractivity contribution is 0.411. The lowest BCUT2D eigenvalue weighted by Gasteiger charge is -2.19. The fourth-order valence-electron chi connectivity index (χ4n) is 2.82. The molecule has 24 heavy (non-hydrogen) atoms. The zero-order chi connectivity index (χ0) is 16.8. The number of halogens is 2. The maximum atomic E-state index is 10.4. The van der Waals surface area contributed by atoms with Crippen LogP contribution in [0.1, 0.15) is 5.82 Å². The van der Waals surface area contributed by atoms with E-state index in [1.165, 1.54) is 0 Å². The zero-order valence-corrected chi connectivity index (χ0v) is 13.9. The number of rotatable bonds is 2. The highest BCUT2D eigenvalue weighted by atomic mass is 35.5. The van der Waals surface area contributed by atoms with Gasteiger partial charge in [-0.2, -0.15) is 0 Å². The van der Waals surface area contributed by atoms with E-state index in [-0.39, 0.29) is 18.1 Å². The third-order valence-corrected chi connectivity index (χ3v) is 4.32. The average molecular weight is 359 g/mol. The van der Waals surface area contributed by atoms with E-state index in [1.807, 2.05) is 24.3 Å². The van der Waals surface area contributed by atoms with Crippen molar-refractivity contribution in [2.24, 2.45) is 0 Å². The summed E-state index contributed by atoms with van der Waals surface area (Å²) in [5, 5.41) is 19.8. The number of aliphatic hydroxyl groups is 1. The molecule has 7 heteroatoms. The van der Waals surface area contributed by atoms with Gasteiger partial charge < -0.3 is 15.0 Å². The van der Waals surface area contributed by atoms with Crippen molar-refractivity contribution < 1.29 is 5.11 Å². The van der Waals surface area contributed by atoms with Crippen molar-refractivity contribution in [2.45, 2.75) is 0 Å². The van der Waals surface area contributed by atoms with Crippen LogP contribution in [0.4, 0.5) is 5.69 Å². The van der Waals surface area contributed by atoms with E-state index < -0.39 is 0 Å². The summed E-state index contributed by atoms with van der Waals surface area (Å²) in [7, 11) is 0. The van der Waals surface area contributed by atoms with Crippen molar-refractivity contribution in [3.05, 3.63) is 64.1 Å². The maximum absolute atomic E-state index is 10.4. The monoisotopic (exact) mass is 358 g/mol. The molecular formula is C17H12Cl2N4O. The molecule has 3 aromatic rings. The minimum Gasteiger partial charge on any atom is -0.509 e. The van der Waals surface area contributed by atoms with Gasteiger partial charge in [0.15, 0.2) is 0 Å². The summed E-state index contributed by atoms with van der Waals surface area (Å²) >= 11 is 12.1. The van der Waals surface area contributed by atoms with E-state index in [2.05, 4.69) is 9.97 Å². The number of anilines is 1. The smallest absolute Gasteiger partial charge is 0.145 e. The third-order valence-electron chi connectivity index (χ3n) is 3.89. The molecule has 3 N–H and O–H groups in total. The molecule has 120 valence electrons. The van der Waals surface area contributed by atoms with Gasteiger partial charge in [-0.15, -0.1) is 0 Å². The molecular weight excluding hydrogens is 347 g/mol. The van der Waals surface area contributed by atoms with Crippen molar-refractivity contribution in [2.75, 3.05) is 11.4 Å². The second-order valence-corrected chi connectivity index (χ2v) is 6.36. The predicted octanol–water partition coefficient (Wildman–Crippen LogP) is 4.64. The van der Waals surface area contributed by atoms with Crippen LogP contribution in [0.3, 0.4) is 0 Å². The lowest BCUT2D eigenvalue weighted by Crippen LogP contribution is -2.26. The maximum Gasteiger partial charge on any atom is 0.145 e. The largest absolute Gasteiger partial charge is 0.509 e. The Kier molecular flexibility index (Phi) is 3.48. The summed E-state index contributed by atoms with van der Waals surface area (Å²) in [6.07, 6.45) is 0. The quantitative estimate of drug-likeness (QED) is 0.624. The van der Waals surface area contributed by atoms with Crippen molar-refractivity contribution in [3.63, 3.8) is 0 Å². The Morgan fingerprint density at radius 2 is 1.83 bits per heavy atom.